The van der Waals surface area contributed by atoms with E-state index in [9.17, 15) is 4.79 Å². The largest absolute Gasteiger partial charge is 0.504 e. The lowest BCUT2D eigenvalue weighted by molar-refractivity contribution is 0.471. The summed E-state index contributed by atoms with van der Waals surface area (Å²) in [4.78, 5) is 11.1. The lowest BCUT2D eigenvalue weighted by Crippen LogP contribution is -1.93. The van der Waals surface area contributed by atoms with Crippen LogP contribution >= 0.6 is 0 Å². The summed E-state index contributed by atoms with van der Waals surface area (Å²) in [6.07, 6.45) is 1.44. The molecule has 1 rings (SSSR count). The third kappa shape index (κ3) is 2.49. The van der Waals surface area contributed by atoms with Gasteiger partial charge < -0.3 is 5.11 Å². The van der Waals surface area contributed by atoms with Crippen molar-refractivity contribution in [1.29, 1.82) is 0 Å². The molecule has 0 aromatic heterocycles. The van der Waals surface area contributed by atoms with Crippen LogP contribution in [0.1, 0.15) is 5.56 Å². The van der Waals surface area contributed by atoms with Crippen LogP contribution in [0.25, 0.3) is 0 Å². The molecule has 0 unspecified atom stereocenters. The van der Waals surface area contributed by atoms with E-state index in [2.05, 4.69) is 18.4 Å². The Morgan fingerprint density at radius 2 is 2.23 bits per heavy atom. The second kappa shape index (κ2) is 4.13. The van der Waals surface area contributed by atoms with E-state index in [4.69, 9.17) is 5.11 Å². The Morgan fingerprint density at radius 1 is 1.46 bits per heavy atom. The second-order valence-corrected chi connectivity index (χ2v) is 2.35. The number of aromatic hydroxyl groups is 1. The molecule has 2 heteroatoms. The van der Waals surface area contributed by atoms with Gasteiger partial charge in [0.25, 0.3) is 0 Å². The van der Waals surface area contributed by atoms with Crippen molar-refractivity contribution in [2.24, 2.45) is 0 Å². The topological polar surface area (TPSA) is 37.3 Å². The number of rotatable bonds is 0. The number of hydrogen-bond acceptors (Lipinski definition) is 2. The Labute approximate surface area is 76.2 Å². The van der Waals surface area contributed by atoms with Gasteiger partial charge in [-0.1, -0.05) is 24.5 Å². The predicted octanol–water partition coefficient (Wildman–Crippen LogP) is 1.29. The summed E-state index contributed by atoms with van der Waals surface area (Å²) in [6.45, 7) is 3.43. The van der Waals surface area contributed by atoms with Crippen molar-refractivity contribution in [1.82, 2.24) is 0 Å². The number of hydrogen-bond donors (Lipinski definition) is 1. The fourth-order valence-electron chi connectivity index (χ4n) is 0.800. The van der Waals surface area contributed by atoms with Crippen LogP contribution in [0.15, 0.2) is 41.7 Å². The average Bonchev–Trinajstić information content (AvgIpc) is 2.26. The Bertz CT molecular complexity index is 436. The van der Waals surface area contributed by atoms with Crippen LogP contribution in [-0.2, 0) is 0 Å². The summed E-state index contributed by atoms with van der Waals surface area (Å²) < 4.78 is 0. The molecular weight excluding hydrogens is 164 g/mol. The zero-order chi connectivity index (χ0) is 9.68. The lowest BCUT2D eigenvalue weighted by Gasteiger charge is -1.78. The van der Waals surface area contributed by atoms with E-state index in [1.54, 1.807) is 12.1 Å². The highest BCUT2D eigenvalue weighted by Crippen LogP contribution is 1.99. The minimum atomic E-state index is -0.432. The molecular formula is C11H8O2. The third-order valence-corrected chi connectivity index (χ3v) is 1.39. The van der Waals surface area contributed by atoms with Crippen LogP contribution < -0.4 is 5.43 Å². The molecule has 0 bridgehead atoms. The van der Waals surface area contributed by atoms with Gasteiger partial charge >= 0.3 is 0 Å². The molecule has 0 radical (unpaired) electrons. The van der Waals surface area contributed by atoms with Crippen LogP contribution in [0.4, 0.5) is 0 Å². The highest BCUT2D eigenvalue weighted by atomic mass is 16.3. The van der Waals surface area contributed by atoms with Crippen LogP contribution in [0, 0.1) is 11.8 Å². The van der Waals surface area contributed by atoms with Gasteiger partial charge in [-0.2, -0.15) is 0 Å². The van der Waals surface area contributed by atoms with Crippen LogP contribution in [-0.4, -0.2) is 5.11 Å². The van der Waals surface area contributed by atoms with E-state index in [1.165, 1.54) is 18.2 Å². The molecule has 13 heavy (non-hydrogen) atoms. The number of allylic oxidation sites excluding steroid dienone is 1. The van der Waals surface area contributed by atoms with Crippen molar-refractivity contribution in [2.75, 3.05) is 0 Å². The quantitative estimate of drug-likeness (QED) is 0.599. The van der Waals surface area contributed by atoms with Gasteiger partial charge in [0.2, 0.25) is 5.43 Å². The third-order valence-electron chi connectivity index (χ3n) is 1.39. The molecule has 0 saturated carbocycles. The first-order chi connectivity index (χ1) is 6.24. The minimum Gasteiger partial charge on any atom is -0.504 e. The van der Waals surface area contributed by atoms with Gasteiger partial charge in [0.1, 0.15) is 0 Å². The predicted molar refractivity (Wildman–Crippen MR) is 51.5 cm³/mol. The molecule has 1 aromatic carbocycles. The van der Waals surface area contributed by atoms with Crippen molar-refractivity contribution >= 4 is 0 Å². The molecule has 0 aliphatic carbocycles. The van der Waals surface area contributed by atoms with Gasteiger partial charge in [-0.15, -0.1) is 0 Å². The van der Waals surface area contributed by atoms with E-state index in [1.807, 2.05) is 0 Å². The van der Waals surface area contributed by atoms with Gasteiger partial charge in [-0.3, -0.25) is 4.79 Å². The Morgan fingerprint density at radius 3 is 2.92 bits per heavy atom. The molecule has 1 aromatic rings. The van der Waals surface area contributed by atoms with E-state index in [0.29, 0.717) is 5.56 Å². The smallest absolute Gasteiger partial charge is 0.221 e. The van der Waals surface area contributed by atoms with Crippen molar-refractivity contribution in [3.05, 3.63) is 52.7 Å². The fraction of sp³-hybridized carbons (Fsp3) is 0. The summed E-state index contributed by atoms with van der Waals surface area (Å²) in [6, 6.07) is 5.84. The maximum atomic E-state index is 11.1. The first-order valence-electron chi connectivity index (χ1n) is 3.70. The van der Waals surface area contributed by atoms with E-state index in [-0.39, 0.29) is 5.75 Å². The van der Waals surface area contributed by atoms with E-state index >= 15 is 0 Å². The van der Waals surface area contributed by atoms with Gasteiger partial charge in [0.05, 0.1) is 0 Å². The summed E-state index contributed by atoms with van der Waals surface area (Å²) in [5.74, 6) is 5.05. The monoisotopic (exact) mass is 172 g/mol. The Hall–Kier alpha value is -2.01. The molecule has 0 heterocycles. The molecule has 0 fully saturated rings. The molecule has 0 aliphatic rings. The van der Waals surface area contributed by atoms with Gasteiger partial charge in [0, 0.05) is 11.6 Å². The summed E-state index contributed by atoms with van der Waals surface area (Å²) in [5, 5.41) is 9.05. The zero-order valence-corrected chi connectivity index (χ0v) is 6.95. The van der Waals surface area contributed by atoms with Crippen LogP contribution in [0.3, 0.4) is 0 Å². The summed E-state index contributed by atoms with van der Waals surface area (Å²) in [7, 11) is 0. The highest BCUT2D eigenvalue weighted by molar-refractivity contribution is 5.37. The molecule has 64 valence electrons. The molecule has 0 amide bonds. The van der Waals surface area contributed by atoms with Crippen molar-refractivity contribution < 1.29 is 5.11 Å². The first kappa shape index (κ1) is 9.08. The Balaban J connectivity index is 3.29. The summed E-state index contributed by atoms with van der Waals surface area (Å²) in [5.41, 5.74) is 0.128. The van der Waals surface area contributed by atoms with Gasteiger partial charge in [-0.25, -0.2) is 0 Å². The van der Waals surface area contributed by atoms with Crippen molar-refractivity contribution in [3.8, 4) is 17.6 Å². The fourth-order valence-corrected chi connectivity index (χ4v) is 0.800. The molecule has 0 spiro atoms. The van der Waals surface area contributed by atoms with Crippen LogP contribution in [0.5, 0.6) is 5.75 Å². The minimum absolute atomic E-state index is 0.272. The first-order valence-corrected chi connectivity index (χ1v) is 3.70. The van der Waals surface area contributed by atoms with Crippen molar-refractivity contribution in [3.63, 3.8) is 0 Å². The molecule has 1 N–H and O–H groups in total. The average molecular weight is 172 g/mol. The standard InChI is InChI=1S/C11H8O2/c1-2-3-5-9-6-4-7-10(12)11(13)8-9/h2,4,6-8H,1H2,(H,12,13). The van der Waals surface area contributed by atoms with E-state index in [0.717, 1.165) is 0 Å². The molecule has 0 aliphatic heterocycles. The summed E-state index contributed by atoms with van der Waals surface area (Å²) >= 11 is 0. The van der Waals surface area contributed by atoms with Crippen molar-refractivity contribution in [2.45, 2.75) is 0 Å². The maximum Gasteiger partial charge on any atom is 0.221 e. The van der Waals surface area contributed by atoms with Gasteiger partial charge in [0.15, 0.2) is 5.75 Å². The Kier molecular flexibility index (Phi) is 2.88. The molecule has 0 saturated heterocycles. The normalized spacial score (nSPS) is 8.31. The second-order valence-electron chi connectivity index (χ2n) is 2.35. The highest BCUT2D eigenvalue weighted by Gasteiger charge is 1.92. The molecule has 2 nitrogen and oxygen atoms in total. The van der Waals surface area contributed by atoms with Crippen LogP contribution in [0.2, 0.25) is 0 Å². The lowest BCUT2D eigenvalue weighted by atomic mass is 10.3. The van der Waals surface area contributed by atoms with E-state index < -0.39 is 5.43 Å². The maximum absolute atomic E-state index is 11.1. The molecule has 0 atom stereocenters. The SMILES string of the molecule is C=CC#Cc1cccc(O)c(=O)c1. The zero-order valence-electron chi connectivity index (χ0n) is 6.95. The van der Waals surface area contributed by atoms with Gasteiger partial charge in [-0.05, 0) is 18.2 Å².